The van der Waals surface area contributed by atoms with Crippen molar-refractivity contribution in [1.29, 1.82) is 0 Å². The number of carbonyl (C=O) groups is 1. The van der Waals surface area contributed by atoms with Gasteiger partial charge < -0.3 is 5.73 Å². The van der Waals surface area contributed by atoms with Crippen molar-refractivity contribution in [1.82, 2.24) is 0 Å². The summed E-state index contributed by atoms with van der Waals surface area (Å²) in [6.45, 7) is 3.59. The SMILES string of the molecule is CC(C)(N)CCC(=O)CCS(=O)(=O)O. The van der Waals surface area contributed by atoms with Crippen LogP contribution in [0.5, 0.6) is 0 Å². The van der Waals surface area contributed by atoms with E-state index in [1.54, 1.807) is 13.8 Å². The molecular formula is C8H17NO4S. The highest BCUT2D eigenvalue weighted by Crippen LogP contribution is 2.08. The standard InChI is InChI=1S/C8H17NO4S/c1-8(2,9)5-3-7(10)4-6-14(11,12)13/h3-6,9H2,1-2H3,(H,11,12,13). The molecule has 5 nitrogen and oxygen atoms in total. The lowest BCUT2D eigenvalue weighted by Crippen LogP contribution is -2.32. The number of hydrogen-bond donors (Lipinski definition) is 2. The van der Waals surface area contributed by atoms with Crippen molar-refractivity contribution in [2.24, 2.45) is 5.73 Å². The van der Waals surface area contributed by atoms with Crippen LogP contribution in [0.1, 0.15) is 33.1 Å². The lowest BCUT2D eigenvalue weighted by molar-refractivity contribution is -0.119. The second-order valence-electron chi connectivity index (χ2n) is 4.06. The molecule has 0 heterocycles. The number of nitrogens with two attached hydrogens (primary N) is 1. The number of rotatable bonds is 6. The first-order valence-electron chi connectivity index (χ1n) is 4.36. The quantitative estimate of drug-likeness (QED) is 0.633. The monoisotopic (exact) mass is 223 g/mol. The third-order valence-electron chi connectivity index (χ3n) is 1.69. The van der Waals surface area contributed by atoms with Gasteiger partial charge in [-0.3, -0.25) is 9.35 Å². The van der Waals surface area contributed by atoms with Crippen LogP contribution in [0.15, 0.2) is 0 Å². The molecule has 0 saturated heterocycles. The number of ketones is 1. The van der Waals surface area contributed by atoms with Crippen LogP contribution in [0.4, 0.5) is 0 Å². The molecule has 0 aliphatic heterocycles. The topological polar surface area (TPSA) is 97.5 Å². The lowest BCUT2D eigenvalue weighted by atomic mass is 9.98. The Bertz CT molecular complexity index is 289. The highest BCUT2D eigenvalue weighted by Gasteiger charge is 2.14. The fourth-order valence-corrected chi connectivity index (χ4v) is 1.32. The number of Topliss-reactive ketones (excluding diaryl/α,β-unsaturated/α-hetero) is 1. The van der Waals surface area contributed by atoms with E-state index in [-0.39, 0.29) is 18.6 Å². The van der Waals surface area contributed by atoms with Gasteiger partial charge in [0, 0.05) is 18.4 Å². The zero-order valence-electron chi connectivity index (χ0n) is 8.49. The molecule has 0 aliphatic carbocycles. The molecular weight excluding hydrogens is 206 g/mol. The van der Waals surface area contributed by atoms with E-state index in [1.807, 2.05) is 0 Å². The van der Waals surface area contributed by atoms with Gasteiger partial charge in [-0.15, -0.1) is 0 Å². The average Bonchev–Trinajstić information content (AvgIpc) is 1.94. The van der Waals surface area contributed by atoms with Crippen LogP contribution in [0.25, 0.3) is 0 Å². The summed E-state index contributed by atoms with van der Waals surface area (Å²) in [5.74, 6) is -0.697. The van der Waals surface area contributed by atoms with E-state index in [9.17, 15) is 13.2 Å². The number of carbonyl (C=O) groups excluding carboxylic acids is 1. The van der Waals surface area contributed by atoms with Crippen molar-refractivity contribution < 1.29 is 17.8 Å². The van der Waals surface area contributed by atoms with Gasteiger partial charge in [0.1, 0.15) is 5.78 Å². The smallest absolute Gasteiger partial charge is 0.265 e. The van der Waals surface area contributed by atoms with E-state index in [4.69, 9.17) is 10.3 Å². The first-order valence-corrected chi connectivity index (χ1v) is 5.97. The molecule has 0 aromatic rings. The van der Waals surface area contributed by atoms with Gasteiger partial charge in [-0.2, -0.15) is 8.42 Å². The molecule has 0 aromatic heterocycles. The number of hydrogen-bond acceptors (Lipinski definition) is 4. The fourth-order valence-electron chi connectivity index (χ4n) is 0.829. The van der Waals surface area contributed by atoms with Crippen LogP contribution in [-0.2, 0) is 14.9 Å². The molecule has 0 radical (unpaired) electrons. The van der Waals surface area contributed by atoms with Crippen LogP contribution in [-0.4, -0.2) is 30.0 Å². The summed E-state index contributed by atoms with van der Waals surface area (Å²) >= 11 is 0. The van der Waals surface area contributed by atoms with Crippen LogP contribution < -0.4 is 5.73 Å². The van der Waals surface area contributed by atoms with E-state index in [1.165, 1.54) is 0 Å². The highest BCUT2D eigenvalue weighted by molar-refractivity contribution is 7.85. The molecule has 6 heteroatoms. The van der Waals surface area contributed by atoms with Gasteiger partial charge in [0.25, 0.3) is 10.1 Å². The van der Waals surface area contributed by atoms with E-state index in [2.05, 4.69) is 0 Å². The summed E-state index contributed by atoms with van der Waals surface area (Å²) < 4.78 is 29.0. The van der Waals surface area contributed by atoms with E-state index < -0.39 is 21.4 Å². The van der Waals surface area contributed by atoms with Crippen molar-refractivity contribution in [3.63, 3.8) is 0 Å². The van der Waals surface area contributed by atoms with Crippen molar-refractivity contribution >= 4 is 15.9 Å². The third kappa shape index (κ3) is 9.63. The van der Waals surface area contributed by atoms with Gasteiger partial charge in [0.05, 0.1) is 5.75 Å². The van der Waals surface area contributed by atoms with Crippen LogP contribution in [0, 0.1) is 0 Å². The lowest BCUT2D eigenvalue weighted by Gasteiger charge is -2.17. The minimum atomic E-state index is -4.03. The molecule has 3 N–H and O–H groups in total. The van der Waals surface area contributed by atoms with Crippen LogP contribution in [0.2, 0.25) is 0 Å². The maximum Gasteiger partial charge on any atom is 0.265 e. The summed E-state index contributed by atoms with van der Waals surface area (Å²) in [5.41, 5.74) is 5.22. The van der Waals surface area contributed by atoms with Crippen molar-refractivity contribution in [2.75, 3.05) is 5.75 Å². The zero-order chi connectivity index (χ0) is 11.4. The van der Waals surface area contributed by atoms with Gasteiger partial charge in [-0.25, -0.2) is 0 Å². The molecule has 0 aromatic carbocycles. The zero-order valence-corrected chi connectivity index (χ0v) is 9.30. The molecule has 84 valence electrons. The maximum absolute atomic E-state index is 11.1. The highest BCUT2D eigenvalue weighted by atomic mass is 32.2. The summed E-state index contributed by atoms with van der Waals surface area (Å²) in [5, 5.41) is 0. The summed E-state index contributed by atoms with van der Waals surface area (Å²) in [6, 6.07) is 0. The Hall–Kier alpha value is -0.460. The van der Waals surface area contributed by atoms with Gasteiger partial charge in [-0.1, -0.05) is 0 Å². The first-order chi connectivity index (χ1) is 6.10. The third-order valence-corrected chi connectivity index (χ3v) is 2.41. The Morgan fingerprint density at radius 3 is 2.21 bits per heavy atom. The Balaban J connectivity index is 3.79. The molecule has 0 rings (SSSR count). The van der Waals surface area contributed by atoms with Gasteiger partial charge in [0.2, 0.25) is 0 Å². The molecule has 0 bridgehead atoms. The normalized spacial score (nSPS) is 12.9. The Labute approximate surface area is 84.4 Å². The largest absolute Gasteiger partial charge is 0.326 e. The Morgan fingerprint density at radius 2 is 1.86 bits per heavy atom. The predicted octanol–water partition coefficient (Wildman–Crippen LogP) is 0.351. The Morgan fingerprint density at radius 1 is 1.36 bits per heavy atom. The van der Waals surface area contributed by atoms with E-state index >= 15 is 0 Å². The second-order valence-corrected chi connectivity index (χ2v) is 5.64. The molecule has 0 saturated carbocycles. The van der Waals surface area contributed by atoms with Crippen molar-refractivity contribution in [2.45, 2.75) is 38.6 Å². The van der Waals surface area contributed by atoms with E-state index in [0.29, 0.717) is 6.42 Å². The van der Waals surface area contributed by atoms with Crippen LogP contribution in [0.3, 0.4) is 0 Å². The molecule has 14 heavy (non-hydrogen) atoms. The fraction of sp³-hybridized carbons (Fsp3) is 0.875. The maximum atomic E-state index is 11.1. The molecule has 0 atom stereocenters. The van der Waals surface area contributed by atoms with Crippen molar-refractivity contribution in [3.8, 4) is 0 Å². The van der Waals surface area contributed by atoms with Gasteiger partial charge in [-0.05, 0) is 20.3 Å². The summed E-state index contributed by atoms with van der Waals surface area (Å²) in [6.07, 6.45) is 0.616. The molecule has 0 amide bonds. The molecule has 0 spiro atoms. The summed E-state index contributed by atoms with van der Waals surface area (Å²) in [4.78, 5) is 11.1. The molecule has 0 fully saturated rings. The minimum absolute atomic E-state index is 0.144. The van der Waals surface area contributed by atoms with Gasteiger partial charge >= 0.3 is 0 Å². The average molecular weight is 223 g/mol. The second kappa shape index (κ2) is 4.86. The first kappa shape index (κ1) is 13.5. The molecule has 0 unspecified atom stereocenters. The van der Waals surface area contributed by atoms with Gasteiger partial charge in [0.15, 0.2) is 0 Å². The predicted molar refractivity (Wildman–Crippen MR) is 53.5 cm³/mol. The molecule has 0 aliphatic rings. The summed E-state index contributed by atoms with van der Waals surface area (Å²) in [7, 11) is -4.03. The minimum Gasteiger partial charge on any atom is -0.326 e. The van der Waals surface area contributed by atoms with E-state index in [0.717, 1.165) is 0 Å². The Kier molecular flexibility index (Phi) is 4.70. The van der Waals surface area contributed by atoms with Crippen molar-refractivity contribution in [3.05, 3.63) is 0 Å². The van der Waals surface area contributed by atoms with Crippen LogP contribution >= 0.6 is 0 Å².